The molecule has 0 aliphatic rings. The van der Waals surface area contributed by atoms with E-state index in [1.165, 1.54) is 5.56 Å². The van der Waals surface area contributed by atoms with Crippen LogP contribution in [-0.4, -0.2) is 15.0 Å². The summed E-state index contributed by atoms with van der Waals surface area (Å²) in [5.41, 5.74) is 2.17. The van der Waals surface area contributed by atoms with Crippen LogP contribution in [0.15, 0.2) is 52.4 Å². The molecule has 18 heavy (non-hydrogen) atoms. The molecule has 3 nitrogen and oxygen atoms in total. The van der Waals surface area contributed by atoms with Gasteiger partial charge in [-0.3, -0.25) is 0 Å². The van der Waals surface area contributed by atoms with Gasteiger partial charge in [0.2, 0.25) is 0 Å². The second-order valence-corrected chi connectivity index (χ2v) is 5.72. The van der Waals surface area contributed by atoms with Crippen molar-refractivity contribution in [3.63, 3.8) is 0 Å². The van der Waals surface area contributed by atoms with Gasteiger partial charge in [0.05, 0.1) is 5.39 Å². The van der Waals surface area contributed by atoms with E-state index in [1.807, 2.05) is 24.4 Å². The monoisotopic (exact) mass is 319 g/mol. The maximum Gasteiger partial charge on any atom is 0.141 e. The Balaban J connectivity index is 1.83. The van der Waals surface area contributed by atoms with Crippen LogP contribution in [0, 0.1) is 0 Å². The zero-order valence-corrected chi connectivity index (χ0v) is 11.8. The molecule has 0 bridgehead atoms. The van der Waals surface area contributed by atoms with Crippen LogP contribution >= 0.6 is 27.7 Å². The summed E-state index contributed by atoms with van der Waals surface area (Å²) in [6, 6.07) is 10.3. The lowest BCUT2D eigenvalue weighted by Gasteiger charge is -2.02. The highest BCUT2D eigenvalue weighted by Gasteiger charge is 2.05. The van der Waals surface area contributed by atoms with Gasteiger partial charge in [-0.05, 0) is 23.8 Å². The normalized spacial score (nSPS) is 10.9. The van der Waals surface area contributed by atoms with E-state index in [9.17, 15) is 0 Å². The second-order valence-electron chi connectivity index (χ2n) is 3.84. The van der Waals surface area contributed by atoms with Crippen LogP contribution in [0.1, 0.15) is 5.56 Å². The first-order valence-electron chi connectivity index (χ1n) is 5.48. The zero-order valence-electron chi connectivity index (χ0n) is 9.43. The molecule has 90 valence electrons. The standard InChI is InChI=1S/C13H10BrN3S/c14-10-3-1-2-9(6-10)7-18-13-11-4-5-15-12(11)16-8-17-13/h1-6,8H,7H2,(H,15,16,17). The number of rotatable bonds is 3. The summed E-state index contributed by atoms with van der Waals surface area (Å²) in [7, 11) is 0. The first-order chi connectivity index (χ1) is 8.83. The Morgan fingerprint density at radius 2 is 2.17 bits per heavy atom. The second kappa shape index (κ2) is 5.12. The van der Waals surface area contributed by atoms with E-state index in [-0.39, 0.29) is 0 Å². The van der Waals surface area contributed by atoms with E-state index < -0.39 is 0 Å². The lowest BCUT2D eigenvalue weighted by molar-refractivity contribution is 1.09. The van der Waals surface area contributed by atoms with Gasteiger partial charge in [0.25, 0.3) is 0 Å². The van der Waals surface area contributed by atoms with Crippen LogP contribution in [0.2, 0.25) is 0 Å². The number of aromatic nitrogens is 3. The predicted molar refractivity (Wildman–Crippen MR) is 77.6 cm³/mol. The van der Waals surface area contributed by atoms with E-state index in [2.05, 4.69) is 43.0 Å². The highest BCUT2D eigenvalue weighted by atomic mass is 79.9. The van der Waals surface area contributed by atoms with Crippen molar-refractivity contribution in [2.75, 3.05) is 0 Å². The summed E-state index contributed by atoms with van der Waals surface area (Å²) < 4.78 is 1.11. The molecule has 1 N–H and O–H groups in total. The highest BCUT2D eigenvalue weighted by molar-refractivity contribution is 9.10. The maximum absolute atomic E-state index is 4.34. The van der Waals surface area contributed by atoms with Gasteiger partial charge in [-0.2, -0.15) is 0 Å². The summed E-state index contributed by atoms with van der Waals surface area (Å²) >= 11 is 5.21. The Labute approximate surface area is 117 Å². The molecule has 0 unspecified atom stereocenters. The molecule has 0 fully saturated rings. The average Bonchev–Trinajstić information content (AvgIpc) is 2.85. The van der Waals surface area contributed by atoms with Gasteiger partial charge >= 0.3 is 0 Å². The SMILES string of the molecule is Brc1cccc(CSc2ncnc3[nH]ccc23)c1. The molecule has 1 aromatic carbocycles. The number of thioether (sulfide) groups is 1. The molecule has 2 heterocycles. The predicted octanol–water partition coefficient (Wildman–Crippen LogP) is 4.01. The number of aromatic amines is 1. The lowest BCUT2D eigenvalue weighted by Crippen LogP contribution is -1.86. The highest BCUT2D eigenvalue weighted by Crippen LogP contribution is 2.27. The maximum atomic E-state index is 4.34. The summed E-state index contributed by atoms with van der Waals surface area (Å²) in [5, 5.41) is 2.10. The average molecular weight is 320 g/mol. The molecule has 0 spiro atoms. The van der Waals surface area contributed by atoms with Crippen molar-refractivity contribution in [1.29, 1.82) is 0 Å². The Bertz CT molecular complexity index is 681. The Morgan fingerprint density at radius 1 is 1.22 bits per heavy atom. The topological polar surface area (TPSA) is 41.6 Å². The fourth-order valence-electron chi connectivity index (χ4n) is 1.74. The minimum atomic E-state index is 0.891. The van der Waals surface area contributed by atoms with E-state index in [0.717, 1.165) is 26.3 Å². The molecule has 3 rings (SSSR count). The smallest absolute Gasteiger partial charge is 0.141 e. The van der Waals surface area contributed by atoms with Crippen LogP contribution in [0.3, 0.4) is 0 Å². The molecule has 3 aromatic rings. The van der Waals surface area contributed by atoms with Gasteiger partial charge in [-0.15, -0.1) is 11.8 Å². The van der Waals surface area contributed by atoms with E-state index in [1.54, 1.807) is 18.1 Å². The van der Waals surface area contributed by atoms with Crippen molar-refractivity contribution in [3.05, 3.63) is 52.9 Å². The lowest BCUT2D eigenvalue weighted by atomic mass is 10.2. The Kier molecular flexibility index (Phi) is 3.34. The molecule has 5 heteroatoms. The van der Waals surface area contributed by atoms with Crippen molar-refractivity contribution in [2.24, 2.45) is 0 Å². The van der Waals surface area contributed by atoms with Gasteiger partial charge in [-0.1, -0.05) is 28.1 Å². The molecule has 0 atom stereocenters. The number of H-pyrrole nitrogens is 1. The summed E-state index contributed by atoms with van der Waals surface area (Å²) in [4.78, 5) is 11.6. The third kappa shape index (κ3) is 2.42. The van der Waals surface area contributed by atoms with Crippen LogP contribution in [0.4, 0.5) is 0 Å². The quantitative estimate of drug-likeness (QED) is 0.585. The van der Waals surface area contributed by atoms with Crippen LogP contribution in [-0.2, 0) is 5.75 Å². The van der Waals surface area contributed by atoms with Crippen LogP contribution < -0.4 is 0 Å². The van der Waals surface area contributed by atoms with Gasteiger partial charge in [0.1, 0.15) is 17.0 Å². The Morgan fingerprint density at radius 3 is 3.06 bits per heavy atom. The molecule has 0 saturated heterocycles. The third-order valence-electron chi connectivity index (χ3n) is 2.58. The van der Waals surface area contributed by atoms with E-state index in [0.29, 0.717) is 0 Å². The van der Waals surface area contributed by atoms with Gasteiger partial charge < -0.3 is 4.98 Å². The fraction of sp³-hybridized carbons (Fsp3) is 0.0769. The van der Waals surface area contributed by atoms with E-state index in [4.69, 9.17) is 0 Å². The third-order valence-corrected chi connectivity index (χ3v) is 4.15. The molecule has 2 aromatic heterocycles. The molecule has 0 radical (unpaired) electrons. The molecule has 0 saturated carbocycles. The largest absolute Gasteiger partial charge is 0.346 e. The van der Waals surface area contributed by atoms with Crippen molar-refractivity contribution < 1.29 is 0 Å². The summed E-state index contributed by atoms with van der Waals surface area (Å²) in [6.45, 7) is 0. The molecule has 0 aliphatic carbocycles. The number of benzene rings is 1. The number of hydrogen-bond acceptors (Lipinski definition) is 3. The zero-order chi connectivity index (χ0) is 12.4. The first-order valence-corrected chi connectivity index (χ1v) is 7.26. The first kappa shape index (κ1) is 11.7. The minimum absolute atomic E-state index is 0.891. The molecular weight excluding hydrogens is 310 g/mol. The molecule has 0 amide bonds. The van der Waals surface area contributed by atoms with Crippen molar-refractivity contribution >= 4 is 38.7 Å². The van der Waals surface area contributed by atoms with Crippen molar-refractivity contribution in [3.8, 4) is 0 Å². The van der Waals surface area contributed by atoms with Gasteiger partial charge in [0.15, 0.2) is 0 Å². The number of halogens is 1. The Hall–Kier alpha value is -1.33. The van der Waals surface area contributed by atoms with Crippen molar-refractivity contribution in [2.45, 2.75) is 10.8 Å². The molecule has 0 aliphatic heterocycles. The number of fused-ring (bicyclic) bond motifs is 1. The van der Waals surface area contributed by atoms with Crippen LogP contribution in [0.5, 0.6) is 0 Å². The number of nitrogens with one attached hydrogen (secondary N) is 1. The van der Waals surface area contributed by atoms with Gasteiger partial charge in [0, 0.05) is 16.4 Å². The summed E-state index contributed by atoms with van der Waals surface area (Å²) in [6.07, 6.45) is 3.49. The van der Waals surface area contributed by atoms with Crippen molar-refractivity contribution in [1.82, 2.24) is 15.0 Å². The van der Waals surface area contributed by atoms with E-state index >= 15 is 0 Å². The number of nitrogens with zero attached hydrogens (tertiary/aromatic N) is 2. The summed E-state index contributed by atoms with van der Waals surface area (Å²) in [5.74, 6) is 0.900. The fourth-order valence-corrected chi connectivity index (χ4v) is 3.11. The van der Waals surface area contributed by atoms with Crippen LogP contribution in [0.25, 0.3) is 11.0 Å². The minimum Gasteiger partial charge on any atom is -0.346 e. The number of hydrogen-bond donors (Lipinski definition) is 1. The van der Waals surface area contributed by atoms with Gasteiger partial charge in [-0.25, -0.2) is 9.97 Å². The molecular formula is C13H10BrN3S.